The van der Waals surface area contributed by atoms with Crippen LogP contribution in [0.3, 0.4) is 0 Å². The lowest BCUT2D eigenvalue weighted by atomic mass is 9.93. The van der Waals surface area contributed by atoms with E-state index in [0.29, 0.717) is 5.16 Å². The highest BCUT2D eigenvalue weighted by atomic mass is 28.4. The molecule has 1 heterocycles. The minimum Gasteiger partial charge on any atom is -0.293 e. The van der Waals surface area contributed by atoms with Gasteiger partial charge in [-0.3, -0.25) is 4.67 Å². The molecule has 0 aromatic heterocycles. The fourth-order valence-electron chi connectivity index (χ4n) is 3.99. The summed E-state index contributed by atoms with van der Waals surface area (Å²) in [5.41, 5.74) is 4.12. The first-order chi connectivity index (χ1) is 11.7. The van der Waals surface area contributed by atoms with Gasteiger partial charge in [0.1, 0.15) is 0 Å². The molecule has 0 fully saturated rings. The average Bonchev–Trinajstić information content (AvgIpc) is 2.82. The van der Waals surface area contributed by atoms with E-state index in [2.05, 4.69) is 114 Å². The molecule has 0 N–H and O–H groups in total. The first kappa shape index (κ1) is 21.4. The molecular weight excluding hydrogens is 365 g/mol. The summed E-state index contributed by atoms with van der Waals surface area (Å²) in [6.45, 7) is 24.4. The van der Waals surface area contributed by atoms with Gasteiger partial charge in [-0.1, -0.05) is 96.1 Å². The minimum absolute atomic E-state index is 0.0923. The van der Waals surface area contributed by atoms with Crippen molar-refractivity contribution in [3.63, 3.8) is 0 Å². The zero-order chi connectivity index (χ0) is 20.0. The normalized spacial score (nSPS) is 25.1. The van der Waals surface area contributed by atoms with Gasteiger partial charge in [-0.15, -0.1) is 0 Å². The minimum atomic E-state index is -2.00. The molecule has 0 amide bonds. The van der Waals surface area contributed by atoms with Crippen molar-refractivity contribution in [2.75, 3.05) is 0 Å². The van der Waals surface area contributed by atoms with Gasteiger partial charge in [0.25, 0.3) is 0 Å². The fourth-order valence-corrected chi connectivity index (χ4v) is 16.9. The fraction of sp³-hybridized carbons (Fsp3) is 0.571. The maximum atomic E-state index is 5.12. The van der Waals surface area contributed by atoms with Crippen LogP contribution in [0.1, 0.15) is 20.8 Å². The third-order valence-electron chi connectivity index (χ3n) is 5.23. The van der Waals surface area contributed by atoms with Crippen LogP contribution < -0.4 is 5.19 Å². The summed E-state index contributed by atoms with van der Waals surface area (Å²) in [6, 6.07) is 11.2. The van der Waals surface area contributed by atoms with Gasteiger partial charge < -0.3 is 0 Å². The van der Waals surface area contributed by atoms with Gasteiger partial charge in [-0.25, -0.2) is 0 Å². The number of hydrazone groups is 1. The molecule has 0 spiro atoms. The highest BCUT2D eigenvalue weighted by Gasteiger charge is 2.54. The predicted molar refractivity (Wildman–Crippen MR) is 126 cm³/mol. The van der Waals surface area contributed by atoms with Crippen LogP contribution in [0.25, 0.3) is 0 Å². The summed E-state index contributed by atoms with van der Waals surface area (Å²) in [7, 11) is -4.77. The Bertz CT molecular complexity index is 691. The molecule has 0 saturated heterocycles. The number of rotatable bonds is 4. The molecule has 26 heavy (non-hydrogen) atoms. The smallest absolute Gasteiger partial charge is 0.218 e. The third-order valence-corrected chi connectivity index (χ3v) is 16.8. The monoisotopic (exact) mass is 402 g/mol. The lowest BCUT2D eigenvalue weighted by molar-refractivity contribution is 0.381. The van der Waals surface area contributed by atoms with Gasteiger partial charge in [0.05, 0.1) is 16.1 Å². The molecule has 1 aliphatic rings. The van der Waals surface area contributed by atoms with Crippen LogP contribution in [0, 0.1) is 5.41 Å². The maximum absolute atomic E-state index is 5.12. The number of nitrogens with zero attached hydrogens (tertiary/aromatic N) is 2. The van der Waals surface area contributed by atoms with E-state index in [4.69, 9.17) is 5.10 Å². The van der Waals surface area contributed by atoms with Gasteiger partial charge >= 0.3 is 0 Å². The van der Waals surface area contributed by atoms with Crippen LogP contribution in [-0.2, 0) is 0 Å². The predicted octanol–water partition coefficient (Wildman–Crippen LogP) is 5.83. The first-order valence-electron chi connectivity index (χ1n) is 9.80. The van der Waals surface area contributed by atoms with E-state index in [1.54, 1.807) is 0 Å². The van der Waals surface area contributed by atoms with Crippen molar-refractivity contribution < 1.29 is 0 Å². The van der Waals surface area contributed by atoms with Gasteiger partial charge in [0, 0.05) is 22.5 Å². The van der Waals surface area contributed by atoms with E-state index < -0.39 is 24.4 Å². The van der Waals surface area contributed by atoms with Crippen molar-refractivity contribution in [2.45, 2.75) is 71.8 Å². The van der Waals surface area contributed by atoms with E-state index in [0.717, 1.165) is 0 Å². The molecule has 5 heteroatoms. The van der Waals surface area contributed by atoms with Crippen LogP contribution in [-0.4, -0.2) is 35.3 Å². The Morgan fingerprint density at radius 1 is 1.04 bits per heavy atom. The maximum Gasteiger partial charge on any atom is 0.218 e. The second kappa shape index (κ2) is 6.91. The van der Waals surface area contributed by atoms with Crippen molar-refractivity contribution in [2.24, 2.45) is 10.5 Å². The van der Waals surface area contributed by atoms with Crippen molar-refractivity contribution >= 4 is 35.8 Å². The number of allylic oxidation sites excluding steroid dienone is 1. The molecule has 0 saturated carbocycles. The number of benzene rings is 1. The largest absolute Gasteiger partial charge is 0.293 e. The Morgan fingerprint density at radius 2 is 1.58 bits per heavy atom. The van der Waals surface area contributed by atoms with Crippen molar-refractivity contribution in [3.8, 4) is 0 Å². The molecule has 1 aromatic rings. The summed E-state index contributed by atoms with van der Waals surface area (Å²) in [5, 5.41) is 7.25. The second-order valence-electron chi connectivity index (χ2n) is 11.1. The highest BCUT2D eigenvalue weighted by Crippen LogP contribution is 2.43. The number of hydrogen-bond acceptors (Lipinski definition) is 2. The van der Waals surface area contributed by atoms with Crippen LogP contribution in [0.15, 0.2) is 46.8 Å². The molecular formula is C21H38N2Si3. The average molecular weight is 403 g/mol. The van der Waals surface area contributed by atoms with Gasteiger partial charge in [0.15, 0.2) is 0 Å². The standard InChI is InChI=1S/C21H38N2Si3/c1-21(2,3)19(17-24(4,5)6)23-22-16-20(25(7,8)9)26(23,10)18-14-12-11-13-15-18/h11-17,20H,1-10H3/b19-17-. The van der Waals surface area contributed by atoms with Gasteiger partial charge in [0.2, 0.25) is 8.24 Å². The quantitative estimate of drug-likeness (QED) is 0.579. The second-order valence-corrected chi connectivity index (χ2v) is 25.9. The zero-order valence-corrected chi connectivity index (χ0v) is 21.5. The summed E-state index contributed by atoms with van der Waals surface area (Å²) in [4.78, 5) is 0. The number of hydrogen-bond donors (Lipinski definition) is 0. The van der Waals surface area contributed by atoms with E-state index in [9.17, 15) is 0 Å². The van der Waals surface area contributed by atoms with Crippen LogP contribution in [0.2, 0.25) is 51.0 Å². The lowest BCUT2D eigenvalue weighted by Gasteiger charge is -2.45. The molecule has 0 aliphatic carbocycles. The molecule has 1 aliphatic heterocycles. The molecule has 2 rings (SSSR count). The Morgan fingerprint density at radius 3 is 2.00 bits per heavy atom. The van der Waals surface area contributed by atoms with Crippen molar-refractivity contribution in [3.05, 3.63) is 41.7 Å². The Balaban J connectivity index is 2.70. The molecule has 144 valence electrons. The topological polar surface area (TPSA) is 15.6 Å². The molecule has 2 nitrogen and oxygen atoms in total. The van der Waals surface area contributed by atoms with E-state index in [1.807, 2.05) is 0 Å². The summed E-state index contributed by atoms with van der Waals surface area (Å²) in [6.07, 6.45) is 2.31. The molecule has 2 atom stereocenters. The third kappa shape index (κ3) is 4.31. The van der Waals surface area contributed by atoms with Crippen molar-refractivity contribution in [1.29, 1.82) is 0 Å². The Labute approximate surface area is 164 Å². The van der Waals surface area contributed by atoms with Crippen LogP contribution in [0.4, 0.5) is 0 Å². The van der Waals surface area contributed by atoms with Crippen molar-refractivity contribution in [1.82, 2.24) is 4.67 Å². The molecule has 0 bridgehead atoms. The molecule has 0 radical (unpaired) electrons. The Kier molecular flexibility index (Phi) is 5.68. The summed E-state index contributed by atoms with van der Waals surface area (Å²) >= 11 is 0. The molecule has 2 unspecified atom stereocenters. The zero-order valence-electron chi connectivity index (χ0n) is 18.5. The Hall–Kier alpha value is -0.919. The highest BCUT2D eigenvalue weighted by molar-refractivity contribution is 7.06. The van der Waals surface area contributed by atoms with E-state index in [1.165, 1.54) is 10.9 Å². The van der Waals surface area contributed by atoms with Gasteiger partial charge in [-0.05, 0) is 11.7 Å². The van der Waals surface area contributed by atoms with E-state index >= 15 is 0 Å². The SMILES string of the molecule is CC(C)(C)/C(=C/[Si](C)(C)C)N1N=CC([Si](C)(C)C)[Si]1(C)c1ccccc1. The van der Waals surface area contributed by atoms with Gasteiger partial charge in [-0.2, -0.15) is 5.10 Å². The lowest BCUT2D eigenvalue weighted by Crippen LogP contribution is -2.63. The summed E-state index contributed by atoms with van der Waals surface area (Å²) < 4.78 is 2.52. The first-order valence-corrected chi connectivity index (χ1v) is 19.5. The van der Waals surface area contributed by atoms with Crippen LogP contribution >= 0.6 is 0 Å². The molecule has 1 aromatic carbocycles. The van der Waals surface area contributed by atoms with E-state index in [-0.39, 0.29) is 5.41 Å². The summed E-state index contributed by atoms with van der Waals surface area (Å²) in [5.74, 6) is 0. The van der Waals surface area contributed by atoms with Crippen LogP contribution in [0.5, 0.6) is 0 Å².